The van der Waals surface area contributed by atoms with Crippen LogP contribution in [-0.2, 0) is 4.79 Å². The summed E-state index contributed by atoms with van der Waals surface area (Å²) in [6, 6.07) is 10.6. The van der Waals surface area contributed by atoms with E-state index in [2.05, 4.69) is 24.0 Å². The zero-order chi connectivity index (χ0) is 13.7. The predicted molar refractivity (Wildman–Crippen MR) is 77.9 cm³/mol. The van der Waals surface area contributed by atoms with Gasteiger partial charge < -0.3 is 10.6 Å². The van der Waals surface area contributed by atoms with E-state index in [0.717, 1.165) is 37.8 Å². The lowest BCUT2D eigenvalue weighted by Crippen LogP contribution is -2.38. The van der Waals surface area contributed by atoms with Crippen LogP contribution in [0.3, 0.4) is 0 Å². The first-order chi connectivity index (χ1) is 9.27. The fourth-order valence-corrected chi connectivity index (χ4v) is 2.56. The Labute approximate surface area is 115 Å². The molecule has 3 heteroatoms. The van der Waals surface area contributed by atoms with E-state index in [9.17, 15) is 4.79 Å². The number of carbonyl (C=O) groups is 1. The van der Waals surface area contributed by atoms with Crippen LogP contribution in [0.25, 0.3) is 0 Å². The molecule has 0 aromatic heterocycles. The summed E-state index contributed by atoms with van der Waals surface area (Å²) in [6.07, 6.45) is 4.06. The van der Waals surface area contributed by atoms with Crippen molar-refractivity contribution in [2.24, 2.45) is 5.73 Å². The minimum atomic E-state index is -0.000394. The van der Waals surface area contributed by atoms with E-state index in [4.69, 9.17) is 5.73 Å². The Kier molecular flexibility index (Phi) is 4.97. The SMILES string of the molecule is CCC(C(=O)N(CCCN)C1CC1)c1ccccc1. The summed E-state index contributed by atoms with van der Waals surface area (Å²) in [4.78, 5) is 14.8. The Balaban J connectivity index is 2.09. The zero-order valence-electron chi connectivity index (χ0n) is 11.7. The first-order valence-corrected chi connectivity index (χ1v) is 7.33. The van der Waals surface area contributed by atoms with Gasteiger partial charge in [-0.25, -0.2) is 0 Å². The minimum absolute atomic E-state index is 0.000394. The number of nitrogens with two attached hydrogens (primary N) is 1. The van der Waals surface area contributed by atoms with E-state index in [1.54, 1.807) is 0 Å². The first kappa shape index (κ1) is 14.1. The lowest BCUT2D eigenvalue weighted by Gasteiger charge is -2.27. The number of rotatable bonds is 7. The van der Waals surface area contributed by atoms with Gasteiger partial charge in [0.05, 0.1) is 5.92 Å². The molecule has 3 nitrogen and oxygen atoms in total. The van der Waals surface area contributed by atoms with Crippen LogP contribution in [0.15, 0.2) is 30.3 Å². The lowest BCUT2D eigenvalue weighted by molar-refractivity contribution is -0.133. The third-order valence-electron chi connectivity index (χ3n) is 3.78. The molecule has 1 atom stereocenters. The molecule has 1 aromatic carbocycles. The van der Waals surface area contributed by atoms with Crippen LogP contribution in [0, 0.1) is 0 Å². The molecule has 104 valence electrons. The minimum Gasteiger partial charge on any atom is -0.339 e. The smallest absolute Gasteiger partial charge is 0.230 e. The number of hydrogen-bond donors (Lipinski definition) is 1. The number of nitrogens with zero attached hydrogens (tertiary/aromatic N) is 1. The quantitative estimate of drug-likeness (QED) is 0.819. The van der Waals surface area contributed by atoms with Gasteiger partial charge in [-0.2, -0.15) is 0 Å². The highest BCUT2D eigenvalue weighted by molar-refractivity contribution is 5.84. The number of benzene rings is 1. The summed E-state index contributed by atoms with van der Waals surface area (Å²) in [5.41, 5.74) is 6.71. The molecule has 1 aromatic rings. The van der Waals surface area contributed by atoms with Gasteiger partial charge in [-0.1, -0.05) is 37.3 Å². The second-order valence-corrected chi connectivity index (χ2v) is 5.28. The molecular weight excluding hydrogens is 236 g/mol. The van der Waals surface area contributed by atoms with Gasteiger partial charge >= 0.3 is 0 Å². The summed E-state index contributed by atoms with van der Waals surface area (Å²) in [6.45, 7) is 3.55. The van der Waals surface area contributed by atoms with E-state index in [1.165, 1.54) is 0 Å². The molecule has 1 aliphatic rings. The van der Waals surface area contributed by atoms with Gasteiger partial charge in [0.15, 0.2) is 0 Å². The molecule has 2 rings (SSSR count). The van der Waals surface area contributed by atoms with Gasteiger partial charge in [0.2, 0.25) is 5.91 Å². The van der Waals surface area contributed by atoms with Crippen molar-refractivity contribution in [2.45, 2.75) is 44.6 Å². The topological polar surface area (TPSA) is 46.3 Å². The maximum atomic E-state index is 12.7. The van der Waals surface area contributed by atoms with Crippen molar-refractivity contribution in [3.63, 3.8) is 0 Å². The molecule has 19 heavy (non-hydrogen) atoms. The summed E-state index contributed by atoms with van der Waals surface area (Å²) in [5, 5.41) is 0. The van der Waals surface area contributed by atoms with Crippen LogP contribution in [0.1, 0.15) is 44.1 Å². The van der Waals surface area contributed by atoms with Crippen molar-refractivity contribution in [1.29, 1.82) is 0 Å². The zero-order valence-corrected chi connectivity index (χ0v) is 11.7. The molecule has 1 unspecified atom stereocenters. The van der Waals surface area contributed by atoms with E-state index in [0.29, 0.717) is 12.6 Å². The molecule has 0 saturated heterocycles. The van der Waals surface area contributed by atoms with Crippen LogP contribution >= 0.6 is 0 Å². The Bertz CT molecular complexity index is 400. The van der Waals surface area contributed by atoms with Crippen molar-refractivity contribution < 1.29 is 4.79 Å². The third-order valence-corrected chi connectivity index (χ3v) is 3.78. The van der Waals surface area contributed by atoms with Gasteiger partial charge in [-0.05, 0) is 37.8 Å². The summed E-state index contributed by atoms with van der Waals surface area (Å²) in [7, 11) is 0. The highest BCUT2D eigenvalue weighted by Gasteiger charge is 2.35. The molecule has 0 bridgehead atoms. The first-order valence-electron chi connectivity index (χ1n) is 7.33. The maximum Gasteiger partial charge on any atom is 0.230 e. The van der Waals surface area contributed by atoms with Gasteiger partial charge in [0, 0.05) is 12.6 Å². The van der Waals surface area contributed by atoms with Crippen molar-refractivity contribution >= 4 is 5.91 Å². The maximum absolute atomic E-state index is 12.7. The largest absolute Gasteiger partial charge is 0.339 e. The van der Waals surface area contributed by atoms with Gasteiger partial charge in [0.25, 0.3) is 0 Å². The monoisotopic (exact) mass is 260 g/mol. The molecule has 1 aliphatic carbocycles. The van der Waals surface area contributed by atoms with Crippen LogP contribution in [0.4, 0.5) is 0 Å². The summed E-state index contributed by atoms with van der Waals surface area (Å²) >= 11 is 0. The Hall–Kier alpha value is -1.35. The van der Waals surface area contributed by atoms with Gasteiger partial charge in [0.1, 0.15) is 0 Å². The van der Waals surface area contributed by atoms with Crippen molar-refractivity contribution in [3.8, 4) is 0 Å². The molecule has 0 spiro atoms. The number of amides is 1. The Morgan fingerprint density at radius 3 is 2.58 bits per heavy atom. The summed E-state index contributed by atoms with van der Waals surface area (Å²) < 4.78 is 0. The fraction of sp³-hybridized carbons (Fsp3) is 0.562. The highest BCUT2D eigenvalue weighted by Crippen LogP contribution is 2.31. The molecule has 0 aliphatic heterocycles. The average molecular weight is 260 g/mol. The summed E-state index contributed by atoms with van der Waals surface area (Å²) in [5.74, 6) is 0.282. The van der Waals surface area contributed by atoms with Gasteiger partial charge in [-0.3, -0.25) is 4.79 Å². The van der Waals surface area contributed by atoms with E-state index in [-0.39, 0.29) is 11.8 Å². The van der Waals surface area contributed by atoms with Crippen molar-refractivity contribution in [2.75, 3.05) is 13.1 Å². The number of carbonyl (C=O) groups excluding carboxylic acids is 1. The molecule has 1 amide bonds. The lowest BCUT2D eigenvalue weighted by atomic mass is 9.95. The van der Waals surface area contributed by atoms with Crippen LogP contribution < -0.4 is 5.73 Å². The Morgan fingerprint density at radius 1 is 1.37 bits per heavy atom. The Morgan fingerprint density at radius 2 is 2.05 bits per heavy atom. The molecule has 0 heterocycles. The highest BCUT2D eigenvalue weighted by atomic mass is 16.2. The molecule has 1 saturated carbocycles. The van der Waals surface area contributed by atoms with Crippen molar-refractivity contribution in [3.05, 3.63) is 35.9 Å². The third kappa shape index (κ3) is 3.57. The van der Waals surface area contributed by atoms with E-state index < -0.39 is 0 Å². The molecule has 2 N–H and O–H groups in total. The predicted octanol–water partition coefficient (Wildman–Crippen LogP) is 2.52. The standard InChI is InChI=1S/C16H24N2O/c1-2-15(13-7-4-3-5-8-13)16(19)18(12-6-11-17)14-9-10-14/h3-5,7-8,14-15H,2,6,9-12,17H2,1H3. The van der Waals surface area contributed by atoms with Crippen LogP contribution in [0.5, 0.6) is 0 Å². The number of hydrogen-bond acceptors (Lipinski definition) is 2. The molecule has 1 fully saturated rings. The fourth-order valence-electron chi connectivity index (χ4n) is 2.56. The molecule has 0 radical (unpaired) electrons. The van der Waals surface area contributed by atoms with Crippen LogP contribution in [-0.4, -0.2) is 29.9 Å². The average Bonchev–Trinajstić information content (AvgIpc) is 3.26. The van der Waals surface area contributed by atoms with Gasteiger partial charge in [-0.15, -0.1) is 0 Å². The van der Waals surface area contributed by atoms with E-state index in [1.807, 2.05) is 18.2 Å². The normalized spacial score (nSPS) is 16.1. The van der Waals surface area contributed by atoms with Crippen molar-refractivity contribution in [1.82, 2.24) is 4.90 Å². The van der Waals surface area contributed by atoms with Crippen LogP contribution in [0.2, 0.25) is 0 Å². The van der Waals surface area contributed by atoms with E-state index >= 15 is 0 Å². The second kappa shape index (κ2) is 6.71. The second-order valence-electron chi connectivity index (χ2n) is 5.28. The molecular formula is C16H24N2O.